The minimum absolute atomic E-state index is 0.838. The van der Waals surface area contributed by atoms with Gasteiger partial charge in [-0.05, 0) is 50.0 Å². The van der Waals surface area contributed by atoms with Crippen molar-refractivity contribution < 1.29 is 0 Å². The van der Waals surface area contributed by atoms with Crippen LogP contribution in [-0.4, -0.2) is 12.6 Å². The monoisotopic (exact) mass is 209 g/mol. The van der Waals surface area contributed by atoms with E-state index < -0.39 is 0 Å². The molecule has 0 radical (unpaired) electrons. The fourth-order valence-electron chi connectivity index (χ4n) is 3.03. The minimum Gasteiger partial charge on any atom is -0.314 e. The molecule has 1 nitrogen and oxygen atoms in total. The van der Waals surface area contributed by atoms with E-state index in [1.54, 1.807) is 0 Å². The molecule has 2 aliphatic rings. The molecule has 2 saturated carbocycles. The van der Waals surface area contributed by atoms with Crippen molar-refractivity contribution in [2.24, 2.45) is 17.8 Å². The molecule has 0 aromatic rings. The summed E-state index contributed by atoms with van der Waals surface area (Å²) in [4.78, 5) is 0. The zero-order valence-electron chi connectivity index (χ0n) is 10.5. The first-order chi connectivity index (χ1) is 7.29. The van der Waals surface area contributed by atoms with Gasteiger partial charge in [-0.2, -0.15) is 0 Å². The first-order valence-electron chi connectivity index (χ1n) is 7.03. The quantitative estimate of drug-likeness (QED) is 0.729. The predicted molar refractivity (Wildman–Crippen MR) is 65.9 cm³/mol. The molecule has 0 saturated heterocycles. The van der Waals surface area contributed by atoms with Crippen LogP contribution in [0, 0.1) is 17.8 Å². The molecule has 0 aliphatic heterocycles. The normalized spacial score (nSPS) is 34.0. The van der Waals surface area contributed by atoms with Gasteiger partial charge in [-0.15, -0.1) is 0 Å². The molecule has 1 heteroatoms. The van der Waals surface area contributed by atoms with E-state index in [0.29, 0.717) is 0 Å². The van der Waals surface area contributed by atoms with Crippen LogP contribution >= 0.6 is 0 Å². The van der Waals surface area contributed by atoms with E-state index in [1.165, 1.54) is 51.5 Å². The minimum atomic E-state index is 0.838. The van der Waals surface area contributed by atoms with Crippen LogP contribution in [0.5, 0.6) is 0 Å². The van der Waals surface area contributed by atoms with Gasteiger partial charge in [0, 0.05) is 6.04 Å². The zero-order valence-corrected chi connectivity index (χ0v) is 10.5. The van der Waals surface area contributed by atoms with Crippen molar-refractivity contribution in [1.82, 2.24) is 5.32 Å². The summed E-state index contributed by atoms with van der Waals surface area (Å²) in [5.74, 6) is 2.99. The Hall–Kier alpha value is -0.0400. The summed E-state index contributed by atoms with van der Waals surface area (Å²) >= 11 is 0. The van der Waals surface area contributed by atoms with Gasteiger partial charge in [-0.25, -0.2) is 0 Å². The molecule has 3 atom stereocenters. The Morgan fingerprint density at radius 1 is 1.20 bits per heavy atom. The second-order valence-corrected chi connectivity index (χ2v) is 5.86. The molecule has 3 unspecified atom stereocenters. The Kier molecular flexibility index (Phi) is 4.07. The van der Waals surface area contributed by atoms with E-state index >= 15 is 0 Å². The van der Waals surface area contributed by atoms with Gasteiger partial charge in [0.05, 0.1) is 0 Å². The second-order valence-electron chi connectivity index (χ2n) is 5.86. The highest BCUT2D eigenvalue weighted by Gasteiger charge is 2.28. The first-order valence-corrected chi connectivity index (χ1v) is 7.03. The van der Waals surface area contributed by atoms with Crippen LogP contribution in [0.4, 0.5) is 0 Å². The number of hydrogen-bond donors (Lipinski definition) is 1. The van der Waals surface area contributed by atoms with Crippen LogP contribution in [0.1, 0.15) is 58.8 Å². The molecule has 0 heterocycles. The Morgan fingerprint density at radius 2 is 2.00 bits per heavy atom. The molecule has 88 valence electrons. The number of hydrogen-bond acceptors (Lipinski definition) is 1. The molecule has 1 N–H and O–H groups in total. The van der Waals surface area contributed by atoms with E-state index in [4.69, 9.17) is 0 Å². The molecule has 2 aliphatic carbocycles. The molecule has 15 heavy (non-hydrogen) atoms. The van der Waals surface area contributed by atoms with Crippen LogP contribution in [0.15, 0.2) is 0 Å². The SMILES string of the molecule is CCC1CCCC(NCC(C)C2CC2)C1. The van der Waals surface area contributed by atoms with Crippen LogP contribution in [0.25, 0.3) is 0 Å². The van der Waals surface area contributed by atoms with Crippen molar-refractivity contribution >= 4 is 0 Å². The molecule has 2 fully saturated rings. The van der Waals surface area contributed by atoms with Crippen molar-refractivity contribution in [3.05, 3.63) is 0 Å². The number of rotatable bonds is 5. The molecule has 0 bridgehead atoms. The Balaban J connectivity index is 1.64. The highest BCUT2D eigenvalue weighted by Crippen LogP contribution is 2.36. The molecule has 0 aromatic carbocycles. The van der Waals surface area contributed by atoms with Crippen molar-refractivity contribution in [3.8, 4) is 0 Å². The van der Waals surface area contributed by atoms with E-state index in [-0.39, 0.29) is 0 Å². The lowest BCUT2D eigenvalue weighted by Gasteiger charge is -2.30. The van der Waals surface area contributed by atoms with Gasteiger partial charge in [-0.1, -0.05) is 33.1 Å². The smallest absolute Gasteiger partial charge is 0.00698 e. The lowest BCUT2D eigenvalue weighted by molar-refractivity contribution is 0.268. The fraction of sp³-hybridized carbons (Fsp3) is 1.00. The standard InChI is InChI=1S/C14H27N/c1-3-12-5-4-6-14(9-12)15-10-11(2)13-7-8-13/h11-15H,3-10H2,1-2H3. The summed E-state index contributed by atoms with van der Waals surface area (Å²) in [6, 6.07) is 0.838. The van der Waals surface area contributed by atoms with E-state index in [9.17, 15) is 0 Å². The Bertz CT molecular complexity index is 186. The van der Waals surface area contributed by atoms with Crippen molar-refractivity contribution in [3.63, 3.8) is 0 Å². The lowest BCUT2D eigenvalue weighted by atomic mass is 9.84. The Labute approximate surface area is 95.0 Å². The van der Waals surface area contributed by atoms with Gasteiger partial charge in [0.15, 0.2) is 0 Å². The van der Waals surface area contributed by atoms with Gasteiger partial charge in [-0.3, -0.25) is 0 Å². The van der Waals surface area contributed by atoms with Crippen LogP contribution < -0.4 is 5.32 Å². The maximum atomic E-state index is 3.81. The lowest BCUT2D eigenvalue weighted by Crippen LogP contribution is -2.37. The Morgan fingerprint density at radius 3 is 2.67 bits per heavy atom. The zero-order chi connectivity index (χ0) is 10.7. The third-order valence-electron chi connectivity index (χ3n) is 4.52. The third kappa shape index (κ3) is 3.48. The van der Waals surface area contributed by atoms with Crippen LogP contribution in [-0.2, 0) is 0 Å². The van der Waals surface area contributed by atoms with Crippen molar-refractivity contribution in [2.45, 2.75) is 64.8 Å². The third-order valence-corrected chi connectivity index (χ3v) is 4.52. The highest BCUT2D eigenvalue weighted by atomic mass is 14.9. The summed E-state index contributed by atoms with van der Waals surface area (Å²) in [6.45, 7) is 6.04. The first kappa shape index (κ1) is 11.4. The van der Waals surface area contributed by atoms with E-state index in [0.717, 1.165) is 23.8 Å². The molecule has 2 rings (SSSR count). The number of nitrogens with one attached hydrogen (secondary N) is 1. The van der Waals surface area contributed by atoms with Gasteiger partial charge in [0.1, 0.15) is 0 Å². The average molecular weight is 209 g/mol. The predicted octanol–water partition coefficient (Wildman–Crippen LogP) is 3.59. The molecule has 0 spiro atoms. The maximum absolute atomic E-state index is 3.81. The van der Waals surface area contributed by atoms with E-state index in [1.807, 2.05) is 0 Å². The summed E-state index contributed by atoms with van der Waals surface area (Å²) in [5, 5.41) is 3.81. The van der Waals surface area contributed by atoms with Crippen LogP contribution in [0.2, 0.25) is 0 Å². The topological polar surface area (TPSA) is 12.0 Å². The van der Waals surface area contributed by atoms with Crippen molar-refractivity contribution in [2.75, 3.05) is 6.54 Å². The largest absolute Gasteiger partial charge is 0.314 e. The maximum Gasteiger partial charge on any atom is 0.00698 e. The molecule has 0 aromatic heterocycles. The van der Waals surface area contributed by atoms with E-state index in [2.05, 4.69) is 19.2 Å². The highest BCUT2D eigenvalue weighted by molar-refractivity contribution is 4.83. The fourth-order valence-corrected chi connectivity index (χ4v) is 3.03. The summed E-state index contributed by atoms with van der Waals surface area (Å²) < 4.78 is 0. The van der Waals surface area contributed by atoms with Crippen molar-refractivity contribution in [1.29, 1.82) is 0 Å². The van der Waals surface area contributed by atoms with Gasteiger partial charge in [0.25, 0.3) is 0 Å². The summed E-state index contributed by atoms with van der Waals surface area (Å²) in [5.41, 5.74) is 0. The van der Waals surface area contributed by atoms with Gasteiger partial charge in [0.2, 0.25) is 0 Å². The van der Waals surface area contributed by atoms with Gasteiger partial charge < -0.3 is 5.32 Å². The summed E-state index contributed by atoms with van der Waals surface area (Å²) in [6.07, 6.45) is 10.2. The molecule has 0 amide bonds. The van der Waals surface area contributed by atoms with Crippen LogP contribution in [0.3, 0.4) is 0 Å². The average Bonchev–Trinajstić information content (AvgIpc) is 3.10. The molecular formula is C14H27N. The second kappa shape index (κ2) is 5.34. The molecular weight excluding hydrogens is 182 g/mol. The summed E-state index contributed by atoms with van der Waals surface area (Å²) in [7, 11) is 0. The van der Waals surface area contributed by atoms with Gasteiger partial charge >= 0.3 is 0 Å².